The Balaban J connectivity index is 1.64. The lowest BCUT2D eigenvalue weighted by molar-refractivity contribution is -0.116. The monoisotopic (exact) mass is 571 g/mol. The molecular formula is C33H31Cl2N3O2. The van der Waals surface area contributed by atoms with E-state index in [0.29, 0.717) is 46.5 Å². The fraction of sp³-hybridized carbons (Fsp3) is 0.273. The van der Waals surface area contributed by atoms with Gasteiger partial charge in [-0.05, 0) is 104 Å². The highest BCUT2D eigenvalue weighted by Gasteiger charge is 2.41. The molecule has 3 aromatic carbocycles. The van der Waals surface area contributed by atoms with Gasteiger partial charge in [0.15, 0.2) is 5.78 Å². The van der Waals surface area contributed by atoms with Crippen LogP contribution in [0.25, 0.3) is 0 Å². The second kappa shape index (κ2) is 11.0. The molecule has 0 saturated carbocycles. The van der Waals surface area contributed by atoms with Crippen molar-refractivity contribution in [2.45, 2.75) is 59.5 Å². The van der Waals surface area contributed by atoms with E-state index < -0.39 is 5.92 Å². The van der Waals surface area contributed by atoms with Crippen LogP contribution in [-0.2, 0) is 11.4 Å². The minimum Gasteiger partial charge on any atom is -0.489 e. The normalized spacial score (nSPS) is 17.2. The average molecular weight is 573 g/mol. The first kappa shape index (κ1) is 27.8. The Labute approximate surface area is 245 Å². The van der Waals surface area contributed by atoms with Crippen molar-refractivity contribution >= 4 is 34.7 Å². The number of ketones is 1. The van der Waals surface area contributed by atoms with Crippen LogP contribution in [0.1, 0.15) is 58.6 Å². The Kier molecular flexibility index (Phi) is 7.68. The molecule has 2 N–H and O–H groups in total. The number of Topliss-reactive ketones (excluding diaryl/α,β-unsaturated/α-hetero) is 1. The zero-order chi connectivity index (χ0) is 28.7. The first-order chi connectivity index (χ1) is 19.1. The Hall–Kier alpha value is -3.72. The Morgan fingerprint density at radius 1 is 1.02 bits per heavy atom. The van der Waals surface area contributed by atoms with Crippen molar-refractivity contribution in [1.29, 1.82) is 5.26 Å². The van der Waals surface area contributed by atoms with Gasteiger partial charge in [0.1, 0.15) is 18.2 Å². The number of carbonyl (C=O) groups excluding carboxylic acids is 1. The van der Waals surface area contributed by atoms with Crippen molar-refractivity contribution < 1.29 is 9.53 Å². The van der Waals surface area contributed by atoms with Gasteiger partial charge in [-0.1, -0.05) is 41.4 Å². The average Bonchev–Trinajstić information content (AvgIpc) is 2.91. The van der Waals surface area contributed by atoms with Crippen LogP contribution in [0.15, 0.2) is 71.2 Å². The van der Waals surface area contributed by atoms with Gasteiger partial charge in [-0.2, -0.15) is 5.26 Å². The minimum atomic E-state index is -0.555. The van der Waals surface area contributed by atoms with Gasteiger partial charge in [0.05, 0.1) is 23.2 Å². The van der Waals surface area contributed by atoms with E-state index in [9.17, 15) is 10.1 Å². The zero-order valence-corrected chi connectivity index (χ0v) is 24.6. The quantitative estimate of drug-likeness (QED) is 0.334. The van der Waals surface area contributed by atoms with Gasteiger partial charge >= 0.3 is 0 Å². The van der Waals surface area contributed by atoms with E-state index in [4.69, 9.17) is 33.7 Å². The Bertz CT molecular complexity index is 1650. The number of allylic oxidation sites excluding steroid dienone is 3. The van der Waals surface area contributed by atoms with Crippen molar-refractivity contribution in [3.05, 3.63) is 115 Å². The number of nitriles is 1. The molecular weight excluding hydrogens is 541 g/mol. The fourth-order valence-electron chi connectivity index (χ4n) is 5.82. The summed E-state index contributed by atoms with van der Waals surface area (Å²) in [5, 5.41) is 11.7. The van der Waals surface area contributed by atoms with Crippen molar-refractivity contribution in [2.75, 3.05) is 4.90 Å². The minimum absolute atomic E-state index is 0.0470. The zero-order valence-electron chi connectivity index (χ0n) is 23.1. The van der Waals surface area contributed by atoms with Gasteiger partial charge in [0.25, 0.3) is 0 Å². The van der Waals surface area contributed by atoms with Crippen molar-refractivity contribution in [1.82, 2.24) is 0 Å². The predicted molar refractivity (Wildman–Crippen MR) is 161 cm³/mol. The molecule has 1 aliphatic carbocycles. The number of nitrogens with zero attached hydrogens (tertiary/aromatic N) is 2. The largest absolute Gasteiger partial charge is 0.489 e. The second-order valence-electron chi connectivity index (χ2n) is 10.5. The van der Waals surface area contributed by atoms with Gasteiger partial charge < -0.3 is 10.5 Å². The molecule has 1 aliphatic heterocycles. The van der Waals surface area contributed by atoms with Gasteiger partial charge in [-0.15, -0.1) is 0 Å². The molecule has 0 fully saturated rings. The molecule has 3 aromatic rings. The highest BCUT2D eigenvalue weighted by Crippen LogP contribution is 2.48. The van der Waals surface area contributed by atoms with Gasteiger partial charge in [-0.25, -0.2) is 0 Å². The van der Waals surface area contributed by atoms with Gasteiger partial charge in [0, 0.05) is 27.7 Å². The van der Waals surface area contributed by atoms with Crippen LogP contribution in [0.2, 0.25) is 10.0 Å². The highest BCUT2D eigenvalue weighted by molar-refractivity contribution is 6.31. The van der Waals surface area contributed by atoms with Crippen LogP contribution in [0.3, 0.4) is 0 Å². The third-order valence-electron chi connectivity index (χ3n) is 7.95. The van der Waals surface area contributed by atoms with Crippen LogP contribution in [0, 0.1) is 39.0 Å². The van der Waals surface area contributed by atoms with E-state index in [1.165, 1.54) is 0 Å². The summed E-state index contributed by atoms with van der Waals surface area (Å²) in [6, 6.07) is 17.7. The molecule has 1 atom stereocenters. The first-order valence-electron chi connectivity index (χ1n) is 13.3. The number of hydrogen-bond acceptors (Lipinski definition) is 5. The molecule has 5 nitrogen and oxygen atoms in total. The molecule has 0 spiro atoms. The van der Waals surface area contributed by atoms with Gasteiger partial charge in [-0.3, -0.25) is 9.69 Å². The number of hydrogen-bond donors (Lipinski definition) is 1. The van der Waals surface area contributed by atoms with Crippen LogP contribution in [0.4, 0.5) is 5.69 Å². The number of nitrogens with two attached hydrogens (primary N) is 1. The van der Waals surface area contributed by atoms with Crippen LogP contribution < -0.4 is 15.4 Å². The summed E-state index contributed by atoms with van der Waals surface area (Å²) < 4.78 is 6.18. The summed E-state index contributed by atoms with van der Waals surface area (Å²) in [6.45, 7) is 8.28. The number of carbonyl (C=O) groups is 1. The summed E-state index contributed by atoms with van der Waals surface area (Å²) in [7, 11) is 0. The van der Waals surface area contributed by atoms with E-state index in [0.717, 1.165) is 56.9 Å². The summed E-state index contributed by atoms with van der Waals surface area (Å²) >= 11 is 12.6. The van der Waals surface area contributed by atoms with Crippen molar-refractivity contribution in [3.63, 3.8) is 0 Å². The van der Waals surface area contributed by atoms with E-state index in [1.54, 1.807) is 0 Å². The van der Waals surface area contributed by atoms with Gasteiger partial charge in [0.2, 0.25) is 0 Å². The highest BCUT2D eigenvalue weighted by atomic mass is 35.5. The third kappa shape index (κ3) is 4.87. The number of benzene rings is 3. The number of halogens is 2. The Morgan fingerprint density at radius 2 is 1.80 bits per heavy atom. The summed E-state index contributed by atoms with van der Waals surface area (Å²) in [5.74, 6) is 0.581. The maximum Gasteiger partial charge on any atom is 0.161 e. The standard InChI is InChI=1S/C33H31Cl2N3O2/c1-18-13-19(2)24(15-22(18)17-40-30-12-11-23(34)14-20(30)3)31-25(16-36)33(37)38(27-8-5-7-26(35)21(27)4)28-9-6-10-29(39)32(28)31/h5,7-8,11-15,31H,6,9-10,17,37H2,1-4H3. The smallest absolute Gasteiger partial charge is 0.161 e. The van der Waals surface area contributed by atoms with Crippen molar-refractivity contribution in [3.8, 4) is 11.8 Å². The molecule has 0 bridgehead atoms. The molecule has 7 heteroatoms. The number of rotatable bonds is 5. The van der Waals surface area contributed by atoms with E-state index >= 15 is 0 Å². The van der Waals surface area contributed by atoms with Crippen LogP contribution in [-0.4, -0.2) is 5.78 Å². The molecule has 204 valence electrons. The predicted octanol–water partition coefficient (Wildman–Crippen LogP) is 8.11. The molecule has 0 saturated heterocycles. The number of aryl methyl sites for hydroxylation is 3. The molecule has 0 amide bonds. The lowest BCUT2D eigenvalue weighted by Crippen LogP contribution is -2.39. The molecule has 1 heterocycles. The fourth-order valence-corrected chi connectivity index (χ4v) is 6.22. The molecule has 2 aliphatic rings. The maximum atomic E-state index is 13.6. The summed E-state index contributed by atoms with van der Waals surface area (Å²) in [6.07, 6.45) is 1.84. The molecule has 0 aromatic heterocycles. The number of ether oxygens (including phenoxy) is 1. The molecule has 5 rings (SSSR count). The van der Waals surface area contributed by atoms with Crippen molar-refractivity contribution in [2.24, 2.45) is 5.73 Å². The Morgan fingerprint density at radius 3 is 2.52 bits per heavy atom. The van der Waals surface area contributed by atoms with Crippen LogP contribution in [0.5, 0.6) is 5.75 Å². The van der Waals surface area contributed by atoms with E-state index in [-0.39, 0.29) is 5.78 Å². The summed E-state index contributed by atoms with van der Waals surface area (Å²) in [4.78, 5) is 15.5. The lowest BCUT2D eigenvalue weighted by atomic mass is 9.74. The third-order valence-corrected chi connectivity index (χ3v) is 8.59. The number of anilines is 1. The molecule has 0 radical (unpaired) electrons. The van der Waals surface area contributed by atoms with Crippen LogP contribution >= 0.6 is 23.2 Å². The first-order valence-corrected chi connectivity index (χ1v) is 14.1. The SMILES string of the molecule is Cc1cc(C)c(C2C(C#N)=C(N)N(c3cccc(Cl)c3C)C3=C2C(=O)CCC3)cc1COc1ccc(Cl)cc1C. The molecule has 40 heavy (non-hydrogen) atoms. The van der Waals surface area contributed by atoms with E-state index in [2.05, 4.69) is 18.2 Å². The second-order valence-corrected chi connectivity index (χ2v) is 11.4. The lowest BCUT2D eigenvalue weighted by Gasteiger charge is -2.40. The summed E-state index contributed by atoms with van der Waals surface area (Å²) in [5.41, 5.74) is 15.2. The maximum absolute atomic E-state index is 13.6. The topological polar surface area (TPSA) is 79.4 Å². The van der Waals surface area contributed by atoms with E-state index in [1.807, 2.05) is 69.0 Å². The molecule has 1 unspecified atom stereocenters.